The Morgan fingerprint density at radius 1 is 1.32 bits per heavy atom. The van der Waals surface area contributed by atoms with Crippen molar-refractivity contribution in [3.63, 3.8) is 0 Å². The monoisotopic (exact) mass is 357 g/mol. The lowest BCUT2D eigenvalue weighted by Crippen LogP contribution is -2.46. The summed E-state index contributed by atoms with van der Waals surface area (Å²) in [6, 6.07) is 0. The lowest BCUT2D eigenvalue weighted by Gasteiger charge is -2.27. The van der Waals surface area contributed by atoms with Crippen molar-refractivity contribution < 1.29 is 36.1 Å². The molecule has 11 heteroatoms. The summed E-state index contributed by atoms with van der Waals surface area (Å²) < 4.78 is 57.1. The predicted molar refractivity (Wildman–Crippen MR) is 76.1 cm³/mol. The Morgan fingerprint density at radius 3 is 2.32 bits per heavy atom. The van der Waals surface area contributed by atoms with Crippen LogP contribution in [-0.4, -0.2) is 63.3 Å². The molecule has 0 radical (unpaired) electrons. The van der Waals surface area contributed by atoms with Crippen LogP contribution < -0.4 is 0 Å². The molecule has 1 aliphatic heterocycles. The molecule has 1 saturated heterocycles. The first-order valence-electron chi connectivity index (χ1n) is 6.21. The van der Waals surface area contributed by atoms with Crippen LogP contribution in [-0.2, 0) is 33.5 Å². The van der Waals surface area contributed by atoms with Gasteiger partial charge in [0.15, 0.2) is 12.1 Å². The molecule has 3 atom stereocenters. The third kappa shape index (κ3) is 5.64. The quantitative estimate of drug-likeness (QED) is 0.373. The summed E-state index contributed by atoms with van der Waals surface area (Å²) in [4.78, 5) is 0. The Labute approximate surface area is 133 Å². The number of thiocyanates is 1. The highest BCUT2D eigenvalue weighted by Crippen LogP contribution is 2.34. The van der Waals surface area contributed by atoms with Gasteiger partial charge in [-0.15, -0.1) is 0 Å². The highest BCUT2D eigenvalue weighted by Gasteiger charge is 2.50. The number of nitriles is 1. The molecule has 1 rings (SSSR count). The highest BCUT2D eigenvalue weighted by atomic mass is 32.3. The van der Waals surface area contributed by atoms with Gasteiger partial charge < -0.3 is 18.9 Å². The van der Waals surface area contributed by atoms with Crippen LogP contribution in [0.4, 0.5) is 0 Å². The van der Waals surface area contributed by atoms with Crippen LogP contribution >= 0.6 is 11.8 Å². The Hall–Kier alpha value is -0.450. The van der Waals surface area contributed by atoms with E-state index in [-0.39, 0.29) is 5.75 Å². The minimum absolute atomic E-state index is 0.0585. The molecule has 1 fully saturated rings. The molecule has 1 aliphatic rings. The number of ether oxygens (including phenoxy) is 4. The fraction of sp³-hybridized carbons (Fsp3) is 0.909. The van der Waals surface area contributed by atoms with Gasteiger partial charge in [0.2, 0.25) is 0 Å². The van der Waals surface area contributed by atoms with Crippen LogP contribution in [0.5, 0.6) is 0 Å². The molecule has 0 aromatic carbocycles. The van der Waals surface area contributed by atoms with E-state index < -0.39 is 40.8 Å². The van der Waals surface area contributed by atoms with E-state index in [1.54, 1.807) is 19.2 Å². The average molecular weight is 357 g/mol. The third-order valence-corrected chi connectivity index (χ3v) is 3.93. The molecule has 1 heterocycles. The maximum absolute atomic E-state index is 11.0. The molecule has 0 aromatic heterocycles. The van der Waals surface area contributed by atoms with Gasteiger partial charge in [0.05, 0.1) is 0 Å². The summed E-state index contributed by atoms with van der Waals surface area (Å²) in [6.45, 7) is 3.26. The number of thioether (sulfide) groups is 1. The first-order valence-corrected chi connectivity index (χ1v) is 8.56. The maximum atomic E-state index is 11.0. The van der Waals surface area contributed by atoms with Crippen LogP contribution in [0, 0.1) is 10.7 Å². The molecule has 0 saturated carbocycles. The lowest BCUT2D eigenvalue weighted by molar-refractivity contribution is -0.202. The molecule has 0 bridgehead atoms. The van der Waals surface area contributed by atoms with E-state index >= 15 is 0 Å². The summed E-state index contributed by atoms with van der Waals surface area (Å²) in [6.07, 6.45) is -3.73. The Bertz CT molecular complexity index is 499. The molecule has 1 N–H and O–H groups in total. The zero-order valence-electron chi connectivity index (χ0n) is 12.6. The summed E-state index contributed by atoms with van der Waals surface area (Å²) >= 11 is 0.761. The van der Waals surface area contributed by atoms with Crippen molar-refractivity contribution in [2.75, 3.05) is 20.0 Å². The zero-order chi connectivity index (χ0) is 17.0. The highest BCUT2D eigenvalue weighted by molar-refractivity contribution is 8.03. The van der Waals surface area contributed by atoms with E-state index in [0.717, 1.165) is 11.8 Å². The molecule has 9 nitrogen and oxygen atoms in total. The normalized spacial score (nSPS) is 26.0. The van der Waals surface area contributed by atoms with Crippen LogP contribution in [0.1, 0.15) is 13.8 Å². The summed E-state index contributed by atoms with van der Waals surface area (Å²) in [7, 11) is -1.95. The second-order valence-electron chi connectivity index (χ2n) is 4.87. The number of hydrogen-bond donors (Lipinski definition) is 1. The molecular formula is C11H19NO8S2. The minimum atomic E-state index is -4.73. The lowest BCUT2D eigenvalue weighted by atomic mass is 10.1. The Kier molecular flexibility index (Phi) is 7.03. The van der Waals surface area contributed by atoms with E-state index in [1.807, 2.05) is 0 Å². The standard InChI is InChI=1S/C11H19NO8S2/c1-11(2)18-8(9(19-11)10(16-3)17-4)7(5-21-6-12)20-22(13,14)15/h7-10H,5H2,1-4H3,(H,13,14,15)/t7-,8+,9-/m1/s1. The predicted octanol–water partition coefficient (Wildman–Crippen LogP) is 0.528. The van der Waals surface area contributed by atoms with E-state index in [9.17, 15) is 8.42 Å². The number of methoxy groups -OCH3 is 2. The van der Waals surface area contributed by atoms with Gasteiger partial charge in [-0.3, -0.25) is 4.55 Å². The number of hydrogen-bond acceptors (Lipinski definition) is 9. The summed E-state index contributed by atoms with van der Waals surface area (Å²) in [5, 5.41) is 10.5. The molecule has 0 unspecified atom stereocenters. The van der Waals surface area contributed by atoms with E-state index in [2.05, 4.69) is 4.18 Å². The van der Waals surface area contributed by atoms with Crippen LogP contribution in [0.2, 0.25) is 0 Å². The van der Waals surface area contributed by atoms with Gasteiger partial charge in [0, 0.05) is 20.0 Å². The second kappa shape index (κ2) is 7.89. The van der Waals surface area contributed by atoms with E-state index in [1.165, 1.54) is 14.2 Å². The zero-order valence-corrected chi connectivity index (χ0v) is 14.2. The van der Waals surface area contributed by atoms with E-state index in [4.69, 9.17) is 28.8 Å². The minimum Gasteiger partial charge on any atom is -0.353 e. The van der Waals surface area contributed by atoms with Crippen molar-refractivity contribution in [1.82, 2.24) is 0 Å². The number of nitrogens with zero attached hydrogens (tertiary/aromatic N) is 1. The third-order valence-electron chi connectivity index (χ3n) is 2.82. The van der Waals surface area contributed by atoms with Gasteiger partial charge in [0.1, 0.15) is 23.7 Å². The van der Waals surface area contributed by atoms with Crippen LogP contribution in [0.15, 0.2) is 0 Å². The van der Waals surface area contributed by atoms with Crippen molar-refractivity contribution in [2.45, 2.75) is 44.2 Å². The molecule has 22 heavy (non-hydrogen) atoms. The molecule has 128 valence electrons. The molecule has 0 aromatic rings. The Morgan fingerprint density at radius 2 is 1.86 bits per heavy atom. The second-order valence-corrected chi connectivity index (χ2v) is 6.72. The van der Waals surface area contributed by atoms with Crippen molar-refractivity contribution >= 4 is 22.2 Å². The topological polar surface area (TPSA) is 124 Å². The fourth-order valence-electron chi connectivity index (χ4n) is 2.13. The SMILES string of the molecule is COC(OC)[C@@H]1OC(C)(C)O[C@H]1[C@@H](CSC#N)OS(=O)(=O)O. The van der Waals surface area contributed by atoms with Crippen molar-refractivity contribution in [2.24, 2.45) is 0 Å². The average Bonchev–Trinajstić information content (AvgIpc) is 2.71. The molecular weight excluding hydrogens is 338 g/mol. The first kappa shape index (κ1) is 19.6. The van der Waals surface area contributed by atoms with Crippen molar-refractivity contribution in [1.29, 1.82) is 5.26 Å². The van der Waals surface area contributed by atoms with Gasteiger partial charge in [-0.05, 0) is 25.6 Å². The molecule has 0 spiro atoms. The van der Waals surface area contributed by atoms with Crippen molar-refractivity contribution in [3.05, 3.63) is 0 Å². The first-order chi connectivity index (χ1) is 10.1. The molecule has 0 aliphatic carbocycles. The Balaban J connectivity index is 3.04. The van der Waals surface area contributed by atoms with Gasteiger partial charge in [0.25, 0.3) is 0 Å². The van der Waals surface area contributed by atoms with Gasteiger partial charge in [-0.2, -0.15) is 13.7 Å². The maximum Gasteiger partial charge on any atom is 0.397 e. The van der Waals surface area contributed by atoms with Gasteiger partial charge >= 0.3 is 10.4 Å². The smallest absolute Gasteiger partial charge is 0.353 e. The van der Waals surface area contributed by atoms with Crippen LogP contribution in [0.3, 0.4) is 0 Å². The largest absolute Gasteiger partial charge is 0.397 e. The van der Waals surface area contributed by atoms with Gasteiger partial charge in [-0.25, -0.2) is 4.18 Å². The summed E-state index contributed by atoms with van der Waals surface area (Å²) in [5.41, 5.74) is 0. The van der Waals surface area contributed by atoms with Crippen LogP contribution in [0.25, 0.3) is 0 Å². The number of rotatable bonds is 8. The summed E-state index contributed by atoms with van der Waals surface area (Å²) in [5.74, 6) is -1.10. The van der Waals surface area contributed by atoms with E-state index in [0.29, 0.717) is 0 Å². The fourth-order valence-corrected chi connectivity index (χ4v) is 3.21. The molecule has 0 amide bonds. The van der Waals surface area contributed by atoms with Gasteiger partial charge in [-0.1, -0.05) is 0 Å². The van der Waals surface area contributed by atoms with Crippen molar-refractivity contribution in [3.8, 4) is 5.40 Å².